The van der Waals surface area contributed by atoms with Crippen molar-refractivity contribution in [1.29, 1.82) is 0 Å². The van der Waals surface area contributed by atoms with Crippen LogP contribution in [-0.2, 0) is 6.61 Å². The average Bonchev–Trinajstić information content (AvgIpc) is 3.09. The summed E-state index contributed by atoms with van der Waals surface area (Å²) in [4.78, 5) is 4.37. The van der Waals surface area contributed by atoms with Gasteiger partial charge in [0.25, 0.3) is 0 Å². The average molecular weight is 335 g/mol. The van der Waals surface area contributed by atoms with Gasteiger partial charge < -0.3 is 14.8 Å². The van der Waals surface area contributed by atoms with Gasteiger partial charge >= 0.3 is 0 Å². The third-order valence-corrected chi connectivity index (χ3v) is 3.90. The standard InChI is InChI=1S/C17H16ClFN2O2/c1-22-16-9-11(17-20-7-8-21-17)5-6-15(16)23-10-12-13(18)3-2-4-14(12)19/h2-6,9H,7-8,10H2,1H3,(H,20,21). The van der Waals surface area contributed by atoms with Gasteiger partial charge in [-0.25, -0.2) is 4.39 Å². The van der Waals surface area contributed by atoms with E-state index in [9.17, 15) is 4.39 Å². The van der Waals surface area contributed by atoms with Crippen molar-refractivity contribution in [3.8, 4) is 11.5 Å². The highest BCUT2D eigenvalue weighted by Crippen LogP contribution is 2.30. The molecule has 1 aliphatic rings. The lowest BCUT2D eigenvalue weighted by Gasteiger charge is -2.13. The smallest absolute Gasteiger partial charge is 0.161 e. The van der Waals surface area contributed by atoms with Crippen LogP contribution in [0.2, 0.25) is 5.02 Å². The Kier molecular flexibility index (Phi) is 4.67. The number of hydrogen-bond acceptors (Lipinski definition) is 4. The number of hydrogen-bond donors (Lipinski definition) is 1. The number of rotatable bonds is 5. The van der Waals surface area contributed by atoms with Crippen LogP contribution >= 0.6 is 11.6 Å². The molecule has 0 amide bonds. The van der Waals surface area contributed by atoms with Crippen molar-refractivity contribution in [2.75, 3.05) is 20.2 Å². The summed E-state index contributed by atoms with van der Waals surface area (Å²) in [6.07, 6.45) is 0. The van der Waals surface area contributed by atoms with E-state index in [4.69, 9.17) is 21.1 Å². The van der Waals surface area contributed by atoms with Gasteiger partial charge in [-0.3, -0.25) is 4.99 Å². The molecule has 3 rings (SSSR count). The fourth-order valence-electron chi connectivity index (χ4n) is 2.35. The Labute approximate surface area is 138 Å². The number of amidine groups is 1. The van der Waals surface area contributed by atoms with E-state index in [0.29, 0.717) is 22.1 Å². The molecule has 4 nitrogen and oxygen atoms in total. The fourth-order valence-corrected chi connectivity index (χ4v) is 2.56. The first-order valence-corrected chi connectivity index (χ1v) is 7.59. The largest absolute Gasteiger partial charge is 0.493 e. The van der Waals surface area contributed by atoms with Crippen LogP contribution in [-0.4, -0.2) is 26.0 Å². The molecular weight excluding hydrogens is 319 g/mol. The van der Waals surface area contributed by atoms with Crippen LogP contribution in [0.1, 0.15) is 11.1 Å². The molecule has 0 radical (unpaired) electrons. The van der Waals surface area contributed by atoms with Gasteiger partial charge in [0.2, 0.25) is 0 Å². The summed E-state index contributed by atoms with van der Waals surface area (Å²) >= 11 is 6.01. The topological polar surface area (TPSA) is 42.8 Å². The third-order valence-electron chi connectivity index (χ3n) is 3.54. The molecule has 2 aromatic carbocycles. The minimum absolute atomic E-state index is 0.0282. The minimum Gasteiger partial charge on any atom is -0.493 e. The number of nitrogens with zero attached hydrogens (tertiary/aromatic N) is 1. The van der Waals surface area contributed by atoms with E-state index in [0.717, 1.165) is 24.5 Å². The predicted octanol–water partition coefficient (Wildman–Crippen LogP) is 3.42. The van der Waals surface area contributed by atoms with E-state index in [1.807, 2.05) is 12.1 Å². The molecule has 2 aromatic rings. The zero-order chi connectivity index (χ0) is 16.2. The number of benzene rings is 2. The molecule has 0 aliphatic carbocycles. The summed E-state index contributed by atoms with van der Waals surface area (Å²) in [5, 5.41) is 3.54. The number of ether oxygens (including phenoxy) is 2. The van der Waals surface area contributed by atoms with Crippen LogP contribution < -0.4 is 14.8 Å². The van der Waals surface area contributed by atoms with Crippen LogP contribution in [0.3, 0.4) is 0 Å². The maximum Gasteiger partial charge on any atom is 0.161 e. The maximum atomic E-state index is 13.8. The van der Waals surface area contributed by atoms with Gasteiger partial charge in [0.15, 0.2) is 11.5 Å². The van der Waals surface area contributed by atoms with Crippen molar-refractivity contribution in [2.45, 2.75) is 6.61 Å². The van der Waals surface area contributed by atoms with Gasteiger partial charge in [0.05, 0.1) is 18.7 Å². The zero-order valence-electron chi connectivity index (χ0n) is 12.6. The molecule has 0 unspecified atom stereocenters. The SMILES string of the molecule is COc1cc(C2=NCCN2)ccc1OCc1c(F)cccc1Cl. The second-order valence-electron chi connectivity index (χ2n) is 5.01. The van der Waals surface area contributed by atoms with E-state index in [-0.39, 0.29) is 6.61 Å². The Bertz CT molecular complexity index is 729. The lowest BCUT2D eigenvalue weighted by Crippen LogP contribution is -2.19. The van der Waals surface area contributed by atoms with E-state index in [1.165, 1.54) is 6.07 Å². The molecule has 1 heterocycles. The molecule has 0 saturated carbocycles. The van der Waals surface area contributed by atoms with Gasteiger partial charge in [-0.05, 0) is 30.3 Å². The third kappa shape index (κ3) is 3.40. The van der Waals surface area contributed by atoms with Crippen molar-refractivity contribution >= 4 is 17.4 Å². The number of nitrogens with one attached hydrogen (secondary N) is 1. The predicted molar refractivity (Wildman–Crippen MR) is 88.1 cm³/mol. The molecule has 0 spiro atoms. The Morgan fingerprint density at radius 3 is 2.83 bits per heavy atom. The molecule has 1 aliphatic heterocycles. The summed E-state index contributed by atoms with van der Waals surface area (Å²) in [6.45, 7) is 1.63. The maximum absolute atomic E-state index is 13.8. The van der Waals surface area contributed by atoms with Crippen LogP contribution in [0.4, 0.5) is 4.39 Å². The van der Waals surface area contributed by atoms with Crippen LogP contribution in [0.15, 0.2) is 41.4 Å². The van der Waals surface area contributed by atoms with Crippen LogP contribution in [0, 0.1) is 5.82 Å². The molecule has 120 valence electrons. The van der Waals surface area contributed by atoms with Crippen molar-refractivity contribution in [3.05, 3.63) is 58.4 Å². The first-order chi connectivity index (χ1) is 11.2. The van der Waals surface area contributed by atoms with E-state index >= 15 is 0 Å². The molecule has 0 fully saturated rings. The Morgan fingerprint density at radius 2 is 2.13 bits per heavy atom. The van der Waals surface area contributed by atoms with Crippen molar-refractivity contribution in [3.63, 3.8) is 0 Å². The second-order valence-corrected chi connectivity index (χ2v) is 5.42. The summed E-state index contributed by atoms with van der Waals surface area (Å²) < 4.78 is 24.8. The highest BCUT2D eigenvalue weighted by molar-refractivity contribution is 6.31. The lowest BCUT2D eigenvalue weighted by atomic mass is 10.2. The summed E-state index contributed by atoms with van der Waals surface area (Å²) in [7, 11) is 1.56. The number of halogens is 2. The monoisotopic (exact) mass is 334 g/mol. The van der Waals surface area contributed by atoms with Crippen molar-refractivity contribution in [2.24, 2.45) is 4.99 Å². The summed E-state index contributed by atoms with van der Waals surface area (Å²) in [5.41, 5.74) is 1.25. The normalized spacial score (nSPS) is 13.4. The Balaban J connectivity index is 1.80. The van der Waals surface area contributed by atoms with Crippen molar-refractivity contribution < 1.29 is 13.9 Å². The van der Waals surface area contributed by atoms with Gasteiger partial charge in [0.1, 0.15) is 18.3 Å². The van der Waals surface area contributed by atoms with Gasteiger partial charge in [-0.2, -0.15) is 0 Å². The molecular formula is C17H16ClFN2O2. The highest BCUT2D eigenvalue weighted by Gasteiger charge is 2.14. The van der Waals surface area contributed by atoms with Gasteiger partial charge in [0, 0.05) is 17.7 Å². The van der Waals surface area contributed by atoms with E-state index in [2.05, 4.69) is 10.3 Å². The molecule has 1 N–H and O–H groups in total. The second kappa shape index (κ2) is 6.87. The number of methoxy groups -OCH3 is 1. The van der Waals surface area contributed by atoms with Gasteiger partial charge in [-0.15, -0.1) is 0 Å². The fraction of sp³-hybridized carbons (Fsp3) is 0.235. The Morgan fingerprint density at radius 1 is 1.26 bits per heavy atom. The number of aliphatic imine (C=N–C) groups is 1. The zero-order valence-corrected chi connectivity index (χ0v) is 13.4. The molecule has 0 atom stereocenters. The quantitative estimate of drug-likeness (QED) is 0.911. The highest BCUT2D eigenvalue weighted by atomic mass is 35.5. The van der Waals surface area contributed by atoms with Crippen LogP contribution in [0.5, 0.6) is 11.5 Å². The Hall–Kier alpha value is -2.27. The van der Waals surface area contributed by atoms with E-state index < -0.39 is 5.82 Å². The summed E-state index contributed by atoms with van der Waals surface area (Å²) in [5.74, 6) is 1.53. The van der Waals surface area contributed by atoms with E-state index in [1.54, 1.807) is 25.3 Å². The molecule has 6 heteroatoms. The molecule has 0 bridgehead atoms. The summed E-state index contributed by atoms with van der Waals surface area (Å²) in [6, 6.07) is 10.1. The minimum atomic E-state index is -0.391. The van der Waals surface area contributed by atoms with Crippen LogP contribution in [0.25, 0.3) is 0 Å². The molecule has 23 heavy (non-hydrogen) atoms. The van der Waals surface area contributed by atoms with Gasteiger partial charge in [-0.1, -0.05) is 17.7 Å². The molecule has 0 aromatic heterocycles. The first kappa shape index (κ1) is 15.6. The molecule has 0 saturated heterocycles. The van der Waals surface area contributed by atoms with Crippen molar-refractivity contribution in [1.82, 2.24) is 5.32 Å². The first-order valence-electron chi connectivity index (χ1n) is 7.21. The lowest BCUT2D eigenvalue weighted by molar-refractivity contribution is 0.280.